The fourth-order valence-electron chi connectivity index (χ4n) is 4.69. The lowest BCUT2D eigenvalue weighted by atomic mass is 10.0. The molecule has 1 aliphatic heterocycles. The molecule has 1 aliphatic rings. The van der Waals surface area contributed by atoms with Crippen molar-refractivity contribution in [2.45, 2.75) is 19.5 Å². The summed E-state index contributed by atoms with van der Waals surface area (Å²) in [6, 6.07) is 13.3. The number of fused-ring (bicyclic) bond motifs is 3. The van der Waals surface area contributed by atoms with Gasteiger partial charge in [-0.1, -0.05) is 29.8 Å². The van der Waals surface area contributed by atoms with Crippen molar-refractivity contribution in [2.24, 2.45) is 0 Å². The quantitative estimate of drug-likeness (QED) is 0.213. The molecule has 0 aliphatic carbocycles. The van der Waals surface area contributed by atoms with Crippen molar-refractivity contribution in [3.63, 3.8) is 0 Å². The summed E-state index contributed by atoms with van der Waals surface area (Å²) >= 11 is 8.91. The maximum atomic E-state index is 13.8. The predicted octanol–water partition coefficient (Wildman–Crippen LogP) is 6.43. The van der Waals surface area contributed by atoms with E-state index in [4.69, 9.17) is 11.6 Å². The van der Waals surface area contributed by atoms with E-state index in [0.29, 0.717) is 53.8 Å². The Morgan fingerprint density at radius 3 is 2.74 bits per heavy atom. The van der Waals surface area contributed by atoms with Crippen molar-refractivity contribution in [2.75, 3.05) is 13.1 Å². The number of halogens is 4. The van der Waals surface area contributed by atoms with Crippen molar-refractivity contribution in [3.05, 3.63) is 104 Å². The lowest BCUT2D eigenvalue weighted by Gasteiger charge is -2.27. The highest BCUT2D eigenvalue weighted by atomic mass is 79.9. The summed E-state index contributed by atoms with van der Waals surface area (Å²) in [7, 11) is 0. The Morgan fingerprint density at radius 2 is 2.00 bits per heavy atom. The Kier molecular flexibility index (Phi) is 7.56. The van der Waals surface area contributed by atoms with Gasteiger partial charge in [-0.3, -0.25) is 9.47 Å². The molecule has 38 heavy (non-hydrogen) atoms. The van der Waals surface area contributed by atoms with Gasteiger partial charge in [-0.25, -0.2) is 18.6 Å². The van der Waals surface area contributed by atoms with Crippen LogP contribution < -0.4 is 5.32 Å². The Balaban J connectivity index is 1.39. The van der Waals surface area contributed by atoms with Crippen LogP contribution in [0.5, 0.6) is 0 Å². The van der Waals surface area contributed by atoms with Gasteiger partial charge in [0.15, 0.2) is 0 Å². The molecule has 1 amide bonds. The second kappa shape index (κ2) is 11.0. The van der Waals surface area contributed by atoms with E-state index in [9.17, 15) is 18.8 Å². The minimum absolute atomic E-state index is 0.264. The number of carbonyl (C=O) groups excluding carboxylic acids is 1. The van der Waals surface area contributed by atoms with Crippen LogP contribution in [-0.2, 0) is 19.5 Å². The van der Waals surface area contributed by atoms with Crippen LogP contribution in [0.15, 0.2) is 59.3 Å². The van der Waals surface area contributed by atoms with E-state index in [-0.39, 0.29) is 6.03 Å². The van der Waals surface area contributed by atoms with Gasteiger partial charge < -0.3 is 5.32 Å². The normalized spacial score (nSPS) is 13.6. The number of amides is 1. The Labute approximate surface area is 231 Å². The second-order valence-corrected chi connectivity index (χ2v) is 10.1. The number of benzene rings is 2. The van der Waals surface area contributed by atoms with Crippen molar-refractivity contribution >= 4 is 50.5 Å². The van der Waals surface area contributed by atoms with Gasteiger partial charge in [-0.2, -0.15) is 5.26 Å². The monoisotopic (exact) mass is 595 g/mol. The zero-order valence-electron chi connectivity index (χ0n) is 20.0. The van der Waals surface area contributed by atoms with Crippen molar-refractivity contribution < 1.29 is 13.6 Å². The highest BCUT2D eigenvalue weighted by Gasteiger charge is 2.26. The first kappa shape index (κ1) is 26.0. The van der Waals surface area contributed by atoms with E-state index < -0.39 is 16.7 Å². The van der Waals surface area contributed by atoms with Crippen LogP contribution in [0.2, 0.25) is 5.02 Å². The zero-order valence-corrected chi connectivity index (χ0v) is 22.4. The number of pyridine rings is 1. The first-order chi connectivity index (χ1) is 18.3. The summed E-state index contributed by atoms with van der Waals surface area (Å²) in [4.78, 5) is 19.7. The first-order valence-electron chi connectivity index (χ1n) is 11.8. The van der Waals surface area contributed by atoms with E-state index in [0.717, 1.165) is 22.2 Å². The summed E-state index contributed by atoms with van der Waals surface area (Å²) in [6.07, 6.45) is 5.80. The zero-order chi connectivity index (χ0) is 26.8. The van der Waals surface area contributed by atoms with Gasteiger partial charge in [-0.05, 0) is 69.0 Å². The number of nitrogens with zero attached hydrogens (tertiary/aromatic N) is 4. The van der Waals surface area contributed by atoms with Gasteiger partial charge in [0.1, 0.15) is 21.3 Å². The molecule has 5 rings (SSSR count). The Bertz CT molecular complexity index is 1600. The largest absolute Gasteiger partial charge is 0.333 e. The summed E-state index contributed by atoms with van der Waals surface area (Å²) < 4.78 is 29.9. The van der Waals surface area contributed by atoms with E-state index in [1.165, 1.54) is 12.1 Å². The Hall–Kier alpha value is -3.58. The van der Waals surface area contributed by atoms with Crippen molar-refractivity contribution in [1.82, 2.24) is 19.8 Å². The fourth-order valence-corrected chi connectivity index (χ4v) is 5.21. The molecule has 2 aromatic heterocycles. The first-order valence-corrected chi connectivity index (χ1v) is 13.0. The molecular weight excluding hydrogens is 576 g/mol. The molecule has 0 radical (unpaired) electrons. The van der Waals surface area contributed by atoms with Gasteiger partial charge in [0.2, 0.25) is 0 Å². The summed E-state index contributed by atoms with van der Waals surface area (Å²) in [5.41, 5.74) is 4.39. The number of hydrogen-bond acceptors (Lipinski definition) is 4. The molecule has 6 nitrogen and oxygen atoms in total. The highest BCUT2D eigenvalue weighted by Crippen LogP contribution is 2.32. The number of nitriles is 1. The Morgan fingerprint density at radius 1 is 1.21 bits per heavy atom. The molecule has 0 bridgehead atoms. The summed E-state index contributed by atoms with van der Waals surface area (Å²) in [5, 5.41) is 12.8. The van der Waals surface area contributed by atoms with Crippen LogP contribution in [0.25, 0.3) is 17.0 Å². The lowest BCUT2D eigenvalue weighted by Crippen LogP contribution is -2.34. The minimum Gasteiger partial charge on any atom is -0.333 e. The molecule has 0 spiro atoms. The fraction of sp³-hybridized carbons (Fsp3) is 0.179. The summed E-state index contributed by atoms with van der Waals surface area (Å²) in [6.45, 7) is 2.15. The van der Waals surface area contributed by atoms with Crippen molar-refractivity contribution in [1.29, 1.82) is 5.26 Å². The SMILES string of the molecule is N#Cc1ccc2c3c(n(C(=O)NCc4ccnc(Br)c4)c2c1)CCN(CC=Cc1cc(F)c(Cl)c(F)c1)C3. The highest BCUT2D eigenvalue weighted by molar-refractivity contribution is 9.10. The molecule has 0 saturated heterocycles. The average Bonchev–Trinajstić information content (AvgIpc) is 3.23. The lowest BCUT2D eigenvalue weighted by molar-refractivity contribution is 0.240. The summed E-state index contributed by atoms with van der Waals surface area (Å²) in [5.74, 6) is -1.60. The molecule has 0 fully saturated rings. The molecule has 3 heterocycles. The van der Waals surface area contributed by atoms with Crippen LogP contribution in [0.1, 0.15) is 27.9 Å². The van der Waals surface area contributed by atoms with Gasteiger partial charge in [0.25, 0.3) is 0 Å². The number of nitrogens with one attached hydrogen (secondary N) is 1. The number of hydrogen-bond donors (Lipinski definition) is 1. The average molecular weight is 597 g/mol. The smallest absolute Gasteiger partial charge is 0.326 e. The van der Waals surface area contributed by atoms with E-state index in [1.54, 1.807) is 29.0 Å². The van der Waals surface area contributed by atoms with Gasteiger partial charge in [0, 0.05) is 49.9 Å². The molecule has 192 valence electrons. The van der Waals surface area contributed by atoms with Crippen LogP contribution >= 0.6 is 27.5 Å². The van der Waals surface area contributed by atoms with Crippen LogP contribution in [0.4, 0.5) is 13.6 Å². The number of carbonyl (C=O) groups is 1. The molecule has 10 heteroatoms. The molecule has 0 unspecified atom stereocenters. The third-order valence-electron chi connectivity index (χ3n) is 6.48. The standard InChI is InChI=1S/C28H21BrClF2N5O/c29-26-13-19(5-7-34-26)15-35-28(38)37-24-6-9-36(8-1-2-17-10-22(31)27(30)23(32)11-17)16-21(24)20-4-3-18(14-33)12-25(20)37/h1-5,7,10-13H,6,8-9,15-16H2,(H,35,38). The van der Waals surface area contributed by atoms with Crippen molar-refractivity contribution in [3.8, 4) is 6.07 Å². The maximum absolute atomic E-state index is 13.8. The third kappa shape index (κ3) is 5.34. The van der Waals surface area contributed by atoms with Crippen LogP contribution in [0.3, 0.4) is 0 Å². The van der Waals surface area contributed by atoms with Gasteiger partial charge >= 0.3 is 6.03 Å². The van der Waals surface area contributed by atoms with E-state index >= 15 is 0 Å². The maximum Gasteiger partial charge on any atom is 0.326 e. The topological polar surface area (TPSA) is 74.0 Å². The van der Waals surface area contributed by atoms with Gasteiger partial charge in [-0.15, -0.1) is 0 Å². The van der Waals surface area contributed by atoms with Gasteiger partial charge in [0.05, 0.1) is 17.1 Å². The molecule has 0 saturated carbocycles. The van der Waals surface area contributed by atoms with E-state index in [2.05, 4.69) is 37.2 Å². The minimum atomic E-state index is -0.798. The molecule has 2 aromatic carbocycles. The third-order valence-corrected chi connectivity index (χ3v) is 7.27. The van der Waals surface area contributed by atoms with E-state index in [1.807, 2.05) is 24.3 Å². The van der Waals surface area contributed by atoms with Crippen LogP contribution in [0, 0.1) is 23.0 Å². The predicted molar refractivity (Wildman–Crippen MR) is 146 cm³/mol. The number of rotatable bonds is 5. The molecule has 4 aromatic rings. The molecule has 0 atom stereocenters. The van der Waals surface area contributed by atoms with Crippen LogP contribution in [-0.4, -0.2) is 33.6 Å². The molecule has 1 N–H and O–H groups in total. The second-order valence-electron chi connectivity index (χ2n) is 8.94. The molecular formula is C28H21BrClF2N5O. The number of aromatic nitrogens is 2.